The lowest BCUT2D eigenvalue weighted by Crippen LogP contribution is -2.15. The van der Waals surface area contributed by atoms with Gasteiger partial charge in [-0.05, 0) is 9.91 Å². The number of nitrogens with two attached hydrogens (primary N) is 1. The van der Waals surface area contributed by atoms with Crippen molar-refractivity contribution in [3.05, 3.63) is 16.4 Å². The van der Waals surface area contributed by atoms with Crippen molar-refractivity contribution in [2.45, 2.75) is 0 Å². The Bertz CT molecular complexity index is 308. The maximum atomic E-state index is 10.5. The molecule has 0 aliphatic rings. The maximum absolute atomic E-state index is 10.5. The number of rotatable bonds is 4. The van der Waals surface area contributed by atoms with E-state index in [4.69, 9.17) is 5.73 Å². The van der Waals surface area contributed by atoms with Gasteiger partial charge in [0.15, 0.2) is 0 Å². The first-order valence-corrected chi connectivity index (χ1v) is 3.76. The molecule has 0 radical (unpaired) electrons. The highest BCUT2D eigenvalue weighted by atomic mass is 16.6. The fourth-order valence-electron chi connectivity index (χ4n) is 0.946. The summed E-state index contributed by atoms with van der Waals surface area (Å²) in [5, 5.41) is 13.3. The van der Waals surface area contributed by atoms with Crippen molar-refractivity contribution in [2.24, 2.45) is 12.8 Å². The number of aryl methyl sites for hydroxylation is 1. The molecule has 72 valence electrons. The molecule has 1 aromatic rings. The van der Waals surface area contributed by atoms with Crippen LogP contribution < -0.4 is 11.1 Å². The number of hydrogen-bond acceptors (Lipinski definition) is 5. The quantitative estimate of drug-likeness (QED) is 0.495. The Morgan fingerprint density at radius 1 is 1.85 bits per heavy atom. The third-order valence-corrected chi connectivity index (χ3v) is 1.53. The van der Waals surface area contributed by atoms with Crippen LogP contribution in [0.3, 0.4) is 0 Å². The molecule has 1 rings (SSSR count). The van der Waals surface area contributed by atoms with Crippen LogP contribution in [0.15, 0.2) is 6.33 Å². The summed E-state index contributed by atoms with van der Waals surface area (Å²) in [6.07, 6.45) is 1.39. The second-order valence-corrected chi connectivity index (χ2v) is 2.50. The fraction of sp³-hybridized carbons (Fsp3) is 0.500. The van der Waals surface area contributed by atoms with Gasteiger partial charge in [-0.15, -0.1) is 0 Å². The standard InChI is InChI=1S/C6H11N5O2/c1-10-4-9-6(11(12)13)5(10)8-3-2-7/h4,8H,2-3,7H2,1H3. The molecule has 0 aromatic carbocycles. The van der Waals surface area contributed by atoms with Crippen molar-refractivity contribution in [1.29, 1.82) is 0 Å². The van der Waals surface area contributed by atoms with Crippen LogP contribution >= 0.6 is 0 Å². The highest BCUT2D eigenvalue weighted by molar-refractivity contribution is 5.51. The molecule has 0 atom stereocenters. The summed E-state index contributed by atoms with van der Waals surface area (Å²) in [5.74, 6) is 0.214. The van der Waals surface area contributed by atoms with Crippen LogP contribution in [-0.2, 0) is 7.05 Å². The minimum Gasteiger partial charge on any atom is -0.363 e. The maximum Gasteiger partial charge on any atom is 0.406 e. The lowest BCUT2D eigenvalue weighted by atomic mass is 10.5. The Morgan fingerprint density at radius 2 is 2.54 bits per heavy atom. The molecule has 1 aromatic heterocycles. The molecule has 0 unspecified atom stereocenters. The van der Waals surface area contributed by atoms with Gasteiger partial charge in [-0.3, -0.25) is 4.57 Å². The van der Waals surface area contributed by atoms with Crippen molar-refractivity contribution in [2.75, 3.05) is 18.4 Å². The molecule has 3 N–H and O–H groups in total. The molecule has 0 fully saturated rings. The topological polar surface area (TPSA) is 99.0 Å². The molecule has 0 bridgehead atoms. The molecule has 13 heavy (non-hydrogen) atoms. The number of nitro groups is 1. The van der Waals surface area contributed by atoms with Crippen LogP contribution in [0.4, 0.5) is 11.6 Å². The van der Waals surface area contributed by atoms with Gasteiger partial charge in [-0.25, -0.2) is 0 Å². The normalized spacial score (nSPS) is 10.0. The summed E-state index contributed by atoms with van der Waals surface area (Å²) in [6.45, 7) is 0.905. The van der Waals surface area contributed by atoms with Crippen molar-refractivity contribution < 1.29 is 4.92 Å². The molecule has 0 aliphatic heterocycles. The number of nitrogens with zero attached hydrogens (tertiary/aromatic N) is 3. The molecule has 0 spiro atoms. The van der Waals surface area contributed by atoms with Gasteiger partial charge in [0.1, 0.15) is 0 Å². The summed E-state index contributed by atoms with van der Waals surface area (Å²) in [6, 6.07) is 0. The van der Waals surface area contributed by atoms with Crippen molar-refractivity contribution >= 4 is 11.6 Å². The van der Waals surface area contributed by atoms with E-state index < -0.39 is 4.92 Å². The third kappa shape index (κ3) is 1.94. The Morgan fingerprint density at radius 3 is 3.08 bits per heavy atom. The summed E-state index contributed by atoms with van der Waals surface area (Å²) in [5.41, 5.74) is 5.26. The molecule has 0 aliphatic carbocycles. The van der Waals surface area contributed by atoms with E-state index in [0.29, 0.717) is 18.9 Å². The summed E-state index contributed by atoms with van der Waals surface area (Å²) < 4.78 is 1.55. The summed E-state index contributed by atoms with van der Waals surface area (Å²) in [7, 11) is 1.68. The fourth-order valence-corrected chi connectivity index (χ4v) is 0.946. The monoisotopic (exact) mass is 185 g/mol. The third-order valence-electron chi connectivity index (χ3n) is 1.53. The van der Waals surface area contributed by atoms with E-state index in [1.54, 1.807) is 11.6 Å². The molecule has 0 saturated heterocycles. The van der Waals surface area contributed by atoms with Crippen LogP contribution in [0.25, 0.3) is 0 Å². The van der Waals surface area contributed by atoms with E-state index in [-0.39, 0.29) is 5.82 Å². The number of nitrogens with one attached hydrogen (secondary N) is 1. The molecular formula is C6H11N5O2. The number of anilines is 1. The minimum absolute atomic E-state index is 0.170. The van der Waals surface area contributed by atoms with Crippen molar-refractivity contribution in [3.8, 4) is 0 Å². The molecule has 0 amide bonds. The smallest absolute Gasteiger partial charge is 0.363 e. The van der Waals surface area contributed by atoms with Gasteiger partial charge in [0, 0.05) is 20.1 Å². The predicted octanol–water partition coefficient (Wildman–Crippen LogP) is -0.301. The zero-order chi connectivity index (χ0) is 9.84. The van der Waals surface area contributed by atoms with Gasteiger partial charge in [-0.2, -0.15) is 0 Å². The first kappa shape index (κ1) is 9.46. The summed E-state index contributed by atoms with van der Waals surface area (Å²) >= 11 is 0. The van der Waals surface area contributed by atoms with Gasteiger partial charge in [-0.1, -0.05) is 0 Å². The highest BCUT2D eigenvalue weighted by Gasteiger charge is 2.18. The number of imidazole rings is 1. The average molecular weight is 185 g/mol. The number of hydrogen-bond donors (Lipinski definition) is 2. The zero-order valence-corrected chi connectivity index (χ0v) is 7.23. The van der Waals surface area contributed by atoms with E-state index in [0.717, 1.165) is 0 Å². The van der Waals surface area contributed by atoms with Gasteiger partial charge >= 0.3 is 5.82 Å². The second kappa shape index (κ2) is 3.85. The van der Waals surface area contributed by atoms with E-state index in [1.165, 1.54) is 6.33 Å². The molecule has 7 nitrogen and oxygen atoms in total. The van der Waals surface area contributed by atoms with Crippen LogP contribution in [0.5, 0.6) is 0 Å². The van der Waals surface area contributed by atoms with Gasteiger partial charge in [0.25, 0.3) is 0 Å². The minimum atomic E-state index is -0.529. The zero-order valence-electron chi connectivity index (χ0n) is 7.23. The van der Waals surface area contributed by atoms with Gasteiger partial charge in [0.05, 0.1) is 0 Å². The lowest BCUT2D eigenvalue weighted by molar-refractivity contribution is -0.388. The van der Waals surface area contributed by atoms with E-state index in [2.05, 4.69) is 10.3 Å². The largest absolute Gasteiger partial charge is 0.406 e. The van der Waals surface area contributed by atoms with Crippen LogP contribution in [0, 0.1) is 10.1 Å². The molecule has 0 saturated carbocycles. The SMILES string of the molecule is Cn1cnc([N+](=O)[O-])c1NCCN. The highest BCUT2D eigenvalue weighted by Crippen LogP contribution is 2.20. The first-order chi connectivity index (χ1) is 6.16. The Hall–Kier alpha value is -1.63. The predicted molar refractivity (Wildman–Crippen MR) is 47.4 cm³/mol. The van der Waals surface area contributed by atoms with Crippen molar-refractivity contribution in [3.63, 3.8) is 0 Å². The van der Waals surface area contributed by atoms with Gasteiger partial charge < -0.3 is 21.2 Å². The number of aromatic nitrogens is 2. The second-order valence-electron chi connectivity index (χ2n) is 2.50. The van der Waals surface area contributed by atoms with Crippen LogP contribution in [0.2, 0.25) is 0 Å². The molecular weight excluding hydrogens is 174 g/mol. The van der Waals surface area contributed by atoms with Gasteiger partial charge in [0.2, 0.25) is 12.1 Å². The Labute approximate surface area is 74.7 Å². The average Bonchev–Trinajstić information content (AvgIpc) is 2.43. The van der Waals surface area contributed by atoms with E-state index in [1.807, 2.05) is 0 Å². The first-order valence-electron chi connectivity index (χ1n) is 3.76. The van der Waals surface area contributed by atoms with E-state index in [9.17, 15) is 10.1 Å². The molecule has 1 heterocycles. The Kier molecular flexibility index (Phi) is 2.80. The molecule has 7 heteroatoms. The lowest BCUT2D eigenvalue weighted by Gasteiger charge is -2.03. The Balaban J connectivity index is 2.88. The van der Waals surface area contributed by atoms with Crippen molar-refractivity contribution in [1.82, 2.24) is 9.55 Å². The van der Waals surface area contributed by atoms with Crippen LogP contribution in [-0.4, -0.2) is 27.6 Å². The van der Waals surface area contributed by atoms with E-state index >= 15 is 0 Å². The van der Waals surface area contributed by atoms with Crippen LogP contribution in [0.1, 0.15) is 0 Å². The summed E-state index contributed by atoms with van der Waals surface area (Å²) in [4.78, 5) is 13.6.